The molecule has 0 radical (unpaired) electrons. The molecule has 0 heterocycles. The third kappa shape index (κ3) is 3.98. The summed E-state index contributed by atoms with van der Waals surface area (Å²) in [4.78, 5) is 10.6. The van der Waals surface area contributed by atoms with E-state index < -0.39 is 18.8 Å². The number of hydrogen-bond donors (Lipinski definition) is 3. The van der Waals surface area contributed by atoms with Gasteiger partial charge in [-0.05, 0) is 18.6 Å². The van der Waals surface area contributed by atoms with Crippen LogP contribution < -0.4 is 0 Å². The lowest BCUT2D eigenvalue weighted by Crippen LogP contribution is -2.27. The van der Waals surface area contributed by atoms with E-state index in [9.17, 15) is 9.90 Å². The lowest BCUT2D eigenvalue weighted by molar-refractivity contribution is -0.112. The first-order chi connectivity index (χ1) is 6.02. The standard InChI is InChI=1S/C9H14O4/c1-3-8(12)9(13)7(5-10)4-6(2)11/h3-4,8-10,12-13H,1,5H2,2H3/b7-4+/t8-,9+/m1/s1. The van der Waals surface area contributed by atoms with E-state index in [0.29, 0.717) is 0 Å². The molecule has 0 aromatic heterocycles. The fraction of sp³-hybridized carbons (Fsp3) is 0.444. The van der Waals surface area contributed by atoms with Crippen molar-refractivity contribution in [3.8, 4) is 0 Å². The van der Waals surface area contributed by atoms with Crippen molar-refractivity contribution in [2.75, 3.05) is 6.61 Å². The Labute approximate surface area is 76.8 Å². The number of aliphatic hydroxyl groups excluding tert-OH is 3. The van der Waals surface area contributed by atoms with Crippen LogP contribution in [0.25, 0.3) is 0 Å². The molecule has 0 saturated heterocycles. The first-order valence-electron chi connectivity index (χ1n) is 3.83. The summed E-state index contributed by atoms with van der Waals surface area (Å²) in [5.74, 6) is -0.292. The van der Waals surface area contributed by atoms with Crippen molar-refractivity contribution in [1.29, 1.82) is 0 Å². The van der Waals surface area contributed by atoms with Gasteiger partial charge in [0, 0.05) is 0 Å². The second-order valence-corrected chi connectivity index (χ2v) is 2.66. The molecular weight excluding hydrogens is 172 g/mol. The first-order valence-corrected chi connectivity index (χ1v) is 3.83. The van der Waals surface area contributed by atoms with Gasteiger partial charge in [-0.15, -0.1) is 6.58 Å². The van der Waals surface area contributed by atoms with Crippen molar-refractivity contribution in [2.45, 2.75) is 19.1 Å². The van der Waals surface area contributed by atoms with Crippen LogP contribution in [0.1, 0.15) is 6.92 Å². The Morgan fingerprint density at radius 1 is 1.54 bits per heavy atom. The molecule has 0 amide bonds. The van der Waals surface area contributed by atoms with Gasteiger partial charge in [0.2, 0.25) is 0 Å². The minimum absolute atomic E-state index is 0.0832. The van der Waals surface area contributed by atoms with Crippen LogP contribution in [0, 0.1) is 0 Å². The third-order valence-corrected chi connectivity index (χ3v) is 1.52. The lowest BCUT2D eigenvalue weighted by Gasteiger charge is -2.15. The van der Waals surface area contributed by atoms with E-state index in [1.807, 2.05) is 0 Å². The van der Waals surface area contributed by atoms with Crippen LogP contribution >= 0.6 is 0 Å². The van der Waals surface area contributed by atoms with Gasteiger partial charge < -0.3 is 15.3 Å². The predicted molar refractivity (Wildman–Crippen MR) is 48.1 cm³/mol. The molecule has 0 spiro atoms. The molecule has 0 aliphatic rings. The van der Waals surface area contributed by atoms with Crippen LogP contribution in [-0.2, 0) is 4.79 Å². The second-order valence-electron chi connectivity index (χ2n) is 2.66. The van der Waals surface area contributed by atoms with Crippen LogP contribution in [0.5, 0.6) is 0 Å². The quantitative estimate of drug-likeness (QED) is 0.396. The molecule has 3 N–H and O–H groups in total. The van der Waals surface area contributed by atoms with E-state index in [-0.39, 0.29) is 11.4 Å². The van der Waals surface area contributed by atoms with Crippen LogP contribution in [0.3, 0.4) is 0 Å². The summed E-state index contributed by atoms with van der Waals surface area (Å²) in [6.45, 7) is 4.10. The lowest BCUT2D eigenvalue weighted by atomic mass is 10.0. The number of ketones is 1. The van der Waals surface area contributed by atoms with Crippen molar-refractivity contribution in [3.63, 3.8) is 0 Å². The van der Waals surface area contributed by atoms with Gasteiger partial charge in [0.25, 0.3) is 0 Å². The van der Waals surface area contributed by atoms with Crippen LogP contribution in [0.2, 0.25) is 0 Å². The smallest absolute Gasteiger partial charge is 0.152 e. The monoisotopic (exact) mass is 186 g/mol. The van der Waals surface area contributed by atoms with E-state index in [0.717, 1.165) is 12.2 Å². The number of allylic oxidation sites excluding steroid dienone is 1. The molecule has 74 valence electrons. The van der Waals surface area contributed by atoms with Crippen LogP contribution in [0.4, 0.5) is 0 Å². The molecule has 0 aliphatic carbocycles. The number of rotatable bonds is 5. The molecule has 0 saturated carbocycles. The summed E-state index contributed by atoms with van der Waals surface area (Å²) >= 11 is 0. The molecule has 0 aromatic rings. The first kappa shape index (κ1) is 12.0. The molecule has 0 rings (SSSR count). The zero-order chi connectivity index (χ0) is 10.4. The number of hydrogen-bond acceptors (Lipinski definition) is 4. The van der Waals surface area contributed by atoms with Gasteiger partial charge in [-0.3, -0.25) is 4.79 Å². The summed E-state index contributed by atoms with van der Waals surface area (Å²) in [7, 11) is 0. The highest BCUT2D eigenvalue weighted by molar-refractivity contribution is 5.88. The van der Waals surface area contributed by atoms with E-state index in [1.165, 1.54) is 6.92 Å². The fourth-order valence-corrected chi connectivity index (χ4v) is 0.834. The van der Waals surface area contributed by atoms with E-state index in [4.69, 9.17) is 10.2 Å². The molecule has 0 aliphatic heterocycles. The van der Waals surface area contributed by atoms with Gasteiger partial charge in [0.1, 0.15) is 12.2 Å². The highest BCUT2D eigenvalue weighted by Crippen LogP contribution is 2.07. The van der Waals surface area contributed by atoms with Crippen molar-refractivity contribution >= 4 is 5.78 Å². The summed E-state index contributed by atoms with van der Waals surface area (Å²) < 4.78 is 0. The zero-order valence-corrected chi connectivity index (χ0v) is 7.47. The molecule has 0 unspecified atom stereocenters. The van der Waals surface area contributed by atoms with Crippen molar-refractivity contribution in [2.24, 2.45) is 0 Å². The number of carbonyl (C=O) groups excluding carboxylic acids is 1. The Morgan fingerprint density at radius 3 is 2.38 bits per heavy atom. The molecule has 2 atom stereocenters. The summed E-state index contributed by atoms with van der Waals surface area (Å²) in [5.41, 5.74) is 0.0832. The van der Waals surface area contributed by atoms with Gasteiger partial charge in [-0.25, -0.2) is 0 Å². The van der Waals surface area contributed by atoms with E-state index >= 15 is 0 Å². The molecule has 0 fully saturated rings. The Bertz CT molecular complexity index is 220. The van der Waals surface area contributed by atoms with Gasteiger partial charge in [0.05, 0.1) is 6.61 Å². The average molecular weight is 186 g/mol. The molecular formula is C9H14O4. The average Bonchev–Trinajstić information content (AvgIpc) is 2.11. The Hall–Kier alpha value is -0.970. The van der Waals surface area contributed by atoms with Crippen molar-refractivity contribution in [1.82, 2.24) is 0 Å². The molecule has 0 aromatic carbocycles. The van der Waals surface area contributed by atoms with E-state index in [1.54, 1.807) is 0 Å². The largest absolute Gasteiger partial charge is 0.392 e. The summed E-state index contributed by atoms with van der Waals surface area (Å²) in [6.07, 6.45) is -0.213. The molecule has 13 heavy (non-hydrogen) atoms. The predicted octanol–water partition coefficient (Wildman–Crippen LogP) is -0.598. The highest BCUT2D eigenvalue weighted by atomic mass is 16.3. The minimum Gasteiger partial charge on any atom is -0.392 e. The Kier molecular flexibility index (Phi) is 5.22. The van der Waals surface area contributed by atoms with Gasteiger partial charge >= 0.3 is 0 Å². The normalized spacial score (nSPS) is 16.5. The topological polar surface area (TPSA) is 77.8 Å². The van der Waals surface area contributed by atoms with Gasteiger partial charge in [-0.2, -0.15) is 0 Å². The zero-order valence-electron chi connectivity index (χ0n) is 7.47. The third-order valence-electron chi connectivity index (χ3n) is 1.52. The highest BCUT2D eigenvalue weighted by Gasteiger charge is 2.17. The SMILES string of the molecule is C=C[C@@H](O)[C@@H](O)/C(=C/C(C)=O)CO. The van der Waals surface area contributed by atoms with E-state index in [2.05, 4.69) is 6.58 Å². The summed E-state index contributed by atoms with van der Waals surface area (Å²) in [6, 6.07) is 0. The van der Waals surface area contributed by atoms with Gasteiger partial charge in [0.15, 0.2) is 5.78 Å². The van der Waals surface area contributed by atoms with Crippen LogP contribution in [-0.4, -0.2) is 39.9 Å². The molecule has 4 nitrogen and oxygen atoms in total. The maximum absolute atomic E-state index is 10.6. The van der Waals surface area contributed by atoms with Crippen molar-refractivity contribution in [3.05, 3.63) is 24.3 Å². The molecule has 4 heteroatoms. The summed E-state index contributed by atoms with van der Waals surface area (Å²) in [5, 5.41) is 27.2. The maximum Gasteiger partial charge on any atom is 0.152 e. The molecule has 0 bridgehead atoms. The second kappa shape index (κ2) is 5.64. The maximum atomic E-state index is 10.6. The Morgan fingerprint density at radius 2 is 2.08 bits per heavy atom. The minimum atomic E-state index is -1.27. The van der Waals surface area contributed by atoms with Gasteiger partial charge in [-0.1, -0.05) is 6.08 Å². The van der Waals surface area contributed by atoms with Crippen molar-refractivity contribution < 1.29 is 20.1 Å². The Balaban J connectivity index is 4.57. The fourth-order valence-electron chi connectivity index (χ4n) is 0.834. The number of aliphatic hydroxyl groups is 3. The number of carbonyl (C=O) groups is 1. The van der Waals surface area contributed by atoms with Crippen LogP contribution in [0.15, 0.2) is 24.3 Å².